The molecule has 0 atom stereocenters. The molecule has 2 aliphatic rings. The van der Waals surface area contributed by atoms with Gasteiger partial charge in [0.25, 0.3) is 5.56 Å². The second kappa shape index (κ2) is 11.8. The molecule has 0 amide bonds. The smallest absolute Gasteiger partial charge is 0.253 e. The summed E-state index contributed by atoms with van der Waals surface area (Å²) in [5.74, 6) is 2.12. The van der Waals surface area contributed by atoms with Crippen LogP contribution in [0.1, 0.15) is 12.0 Å². The summed E-state index contributed by atoms with van der Waals surface area (Å²) >= 11 is 5.81. The fourth-order valence-electron chi connectivity index (χ4n) is 4.55. The summed E-state index contributed by atoms with van der Waals surface area (Å²) in [6.07, 6.45) is 0.911. The zero-order valence-corrected chi connectivity index (χ0v) is 21.8. The largest absolute Gasteiger partial charge is 0.497 e. The fraction of sp³-hybridized carbons (Fsp3) is 0.407. The minimum absolute atomic E-state index is 0.144. The molecule has 3 aromatic rings. The number of benzene rings is 2. The third-order valence-corrected chi connectivity index (χ3v) is 6.94. The Kier molecular flexibility index (Phi) is 8.08. The Morgan fingerprint density at radius 2 is 1.81 bits per heavy atom. The Balaban J connectivity index is 1.34. The lowest BCUT2D eigenvalue weighted by atomic mass is 10.1. The monoisotopic (exact) mass is 524 g/mol. The number of ether oxygens (including phenoxy) is 4. The quantitative estimate of drug-likeness (QED) is 0.431. The molecule has 9 nitrogen and oxygen atoms in total. The first kappa shape index (κ1) is 25.3. The van der Waals surface area contributed by atoms with Crippen LogP contribution in [0.25, 0.3) is 10.9 Å². The number of fused-ring (bicyclic) bond motifs is 2. The first-order chi connectivity index (χ1) is 18.1. The van der Waals surface area contributed by atoms with Crippen LogP contribution in [0.4, 0.5) is 5.69 Å². The molecule has 1 aromatic heterocycles. The zero-order chi connectivity index (χ0) is 25.6. The van der Waals surface area contributed by atoms with Crippen molar-refractivity contribution < 1.29 is 18.9 Å². The number of hydrogen-bond acceptors (Lipinski definition) is 7. The number of aromatic amines is 1. The molecular weight excluding hydrogens is 492 g/mol. The molecule has 0 radical (unpaired) electrons. The van der Waals surface area contributed by atoms with E-state index in [9.17, 15) is 4.79 Å². The molecule has 5 rings (SSSR count). The van der Waals surface area contributed by atoms with Crippen molar-refractivity contribution in [2.24, 2.45) is 0 Å². The molecule has 37 heavy (non-hydrogen) atoms. The second-order valence-electron chi connectivity index (χ2n) is 9.09. The number of nitrogens with zero attached hydrogens (tertiary/aromatic N) is 2. The molecule has 0 aliphatic carbocycles. The Morgan fingerprint density at radius 3 is 2.54 bits per heavy atom. The standard InChI is InChI=1S/C27H32N4O5S/c1-33-22-5-3-21(4-6-22)28-27(37)31(8-2-7-30-9-11-34-12-10-30)18-20-15-19-16-24-25(36-14-13-35-24)17-23(19)29-26(20)32/h3-6,15-17H,2,7-14,18H2,1H3,(H,28,37)(H,29,32). The molecule has 3 heterocycles. The minimum Gasteiger partial charge on any atom is -0.497 e. The van der Waals surface area contributed by atoms with E-state index in [4.69, 9.17) is 31.2 Å². The predicted octanol–water partition coefficient (Wildman–Crippen LogP) is 3.23. The third-order valence-electron chi connectivity index (χ3n) is 6.58. The van der Waals surface area contributed by atoms with Crippen molar-refractivity contribution in [3.8, 4) is 17.2 Å². The van der Waals surface area contributed by atoms with Crippen LogP contribution in [-0.4, -0.2) is 79.6 Å². The number of H-pyrrole nitrogens is 1. The van der Waals surface area contributed by atoms with Crippen molar-refractivity contribution in [1.82, 2.24) is 14.8 Å². The minimum atomic E-state index is -0.144. The van der Waals surface area contributed by atoms with Gasteiger partial charge in [0.2, 0.25) is 0 Å². The van der Waals surface area contributed by atoms with E-state index in [1.54, 1.807) is 7.11 Å². The number of hydrogen-bond donors (Lipinski definition) is 2. The van der Waals surface area contributed by atoms with E-state index in [-0.39, 0.29) is 5.56 Å². The van der Waals surface area contributed by atoms with Crippen molar-refractivity contribution in [2.75, 3.05) is 65.0 Å². The second-order valence-corrected chi connectivity index (χ2v) is 9.48. The zero-order valence-electron chi connectivity index (χ0n) is 21.0. The van der Waals surface area contributed by atoms with Crippen molar-refractivity contribution >= 4 is 33.9 Å². The van der Waals surface area contributed by atoms with Gasteiger partial charge in [0.1, 0.15) is 19.0 Å². The van der Waals surface area contributed by atoms with E-state index in [0.29, 0.717) is 48.5 Å². The number of pyridine rings is 1. The van der Waals surface area contributed by atoms with E-state index < -0.39 is 0 Å². The van der Waals surface area contributed by atoms with Gasteiger partial charge in [-0.2, -0.15) is 0 Å². The number of morpholine rings is 1. The van der Waals surface area contributed by atoms with Crippen molar-refractivity contribution in [2.45, 2.75) is 13.0 Å². The molecule has 2 N–H and O–H groups in total. The van der Waals surface area contributed by atoms with Crippen LogP contribution in [0.5, 0.6) is 17.2 Å². The van der Waals surface area contributed by atoms with Gasteiger partial charge in [-0.1, -0.05) is 0 Å². The first-order valence-corrected chi connectivity index (χ1v) is 13.0. The van der Waals surface area contributed by atoms with Gasteiger partial charge in [0.15, 0.2) is 16.6 Å². The molecule has 1 fully saturated rings. The lowest BCUT2D eigenvalue weighted by molar-refractivity contribution is 0.0367. The maximum absolute atomic E-state index is 13.1. The Bertz CT molecular complexity index is 1290. The highest BCUT2D eigenvalue weighted by atomic mass is 32.1. The van der Waals surface area contributed by atoms with Gasteiger partial charge in [-0.3, -0.25) is 9.69 Å². The summed E-state index contributed by atoms with van der Waals surface area (Å²) in [4.78, 5) is 20.5. The molecule has 2 aromatic carbocycles. The van der Waals surface area contributed by atoms with Crippen LogP contribution in [-0.2, 0) is 11.3 Å². The fourth-order valence-corrected chi connectivity index (χ4v) is 4.82. The summed E-state index contributed by atoms with van der Waals surface area (Å²) < 4.78 is 22.1. The molecule has 10 heteroatoms. The van der Waals surface area contributed by atoms with Crippen molar-refractivity contribution in [1.29, 1.82) is 0 Å². The number of aromatic nitrogens is 1. The van der Waals surface area contributed by atoms with Crippen molar-refractivity contribution in [3.05, 3.63) is 58.4 Å². The van der Waals surface area contributed by atoms with Gasteiger partial charge in [0.05, 0.1) is 32.4 Å². The van der Waals surface area contributed by atoms with Crippen LogP contribution < -0.4 is 25.1 Å². The molecule has 196 valence electrons. The average molecular weight is 525 g/mol. The summed E-state index contributed by atoms with van der Waals surface area (Å²) in [5.41, 5.74) is 2.07. The predicted molar refractivity (Wildman–Crippen MR) is 147 cm³/mol. The van der Waals surface area contributed by atoms with Gasteiger partial charge >= 0.3 is 0 Å². The Labute approximate surface area is 221 Å². The summed E-state index contributed by atoms with van der Waals surface area (Å²) in [6.45, 7) is 6.46. The topological polar surface area (TPSA) is 88.3 Å². The number of methoxy groups -OCH3 is 1. The van der Waals surface area contributed by atoms with Crippen LogP contribution in [0.2, 0.25) is 0 Å². The van der Waals surface area contributed by atoms with Gasteiger partial charge < -0.3 is 34.1 Å². The van der Waals surface area contributed by atoms with E-state index in [1.165, 1.54) is 0 Å². The number of anilines is 1. The van der Waals surface area contributed by atoms with Crippen LogP contribution in [0.3, 0.4) is 0 Å². The third kappa shape index (κ3) is 6.33. The summed E-state index contributed by atoms with van der Waals surface area (Å²) in [7, 11) is 1.64. The Hall–Kier alpha value is -3.34. The van der Waals surface area contributed by atoms with Gasteiger partial charge in [-0.25, -0.2) is 0 Å². The molecule has 0 saturated carbocycles. The van der Waals surface area contributed by atoms with Gasteiger partial charge in [-0.05, 0) is 55.0 Å². The lowest BCUT2D eigenvalue weighted by Crippen LogP contribution is -2.40. The summed E-state index contributed by atoms with van der Waals surface area (Å²) in [6, 6.07) is 13.3. The van der Waals surface area contributed by atoms with E-state index in [1.807, 2.05) is 42.5 Å². The average Bonchev–Trinajstić information content (AvgIpc) is 2.92. The normalized spacial score (nSPS) is 15.4. The maximum Gasteiger partial charge on any atom is 0.253 e. The molecule has 0 unspecified atom stereocenters. The summed E-state index contributed by atoms with van der Waals surface area (Å²) in [5, 5.41) is 4.77. The highest BCUT2D eigenvalue weighted by molar-refractivity contribution is 7.80. The van der Waals surface area contributed by atoms with Gasteiger partial charge in [-0.15, -0.1) is 0 Å². The lowest BCUT2D eigenvalue weighted by Gasteiger charge is -2.29. The maximum atomic E-state index is 13.1. The van der Waals surface area contributed by atoms with E-state index in [2.05, 4.69) is 20.1 Å². The molecule has 0 bridgehead atoms. The highest BCUT2D eigenvalue weighted by Gasteiger charge is 2.18. The number of thiocarbonyl (C=S) groups is 1. The SMILES string of the molecule is COc1ccc(NC(=S)N(CCCN2CCOCC2)Cc2cc3cc4c(cc3[nH]c2=O)OCCO4)cc1. The number of rotatable bonds is 8. The van der Waals surface area contributed by atoms with Crippen LogP contribution in [0.15, 0.2) is 47.3 Å². The van der Waals surface area contributed by atoms with Crippen LogP contribution in [0, 0.1) is 0 Å². The molecular formula is C27H32N4O5S. The van der Waals surface area contributed by atoms with E-state index >= 15 is 0 Å². The molecule has 2 aliphatic heterocycles. The Morgan fingerprint density at radius 1 is 1.08 bits per heavy atom. The molecule has 0 spiro atoms. The number of nitrogens with one attached hydrogen (secondary N) is 2. The first-order valence-electron chi connectivity index (χ1n) is 12.5. The van der Waals surface area contributed by atoms with Crippen LogP contribution >= 0.6 is 12.2 Å². The van der Waals surface area contributed by atoms with E-state index in [0.717, 1.165) is 61.6 Å². The highest BCUT2D eigenvalue weighted by Crippen LogP contribution is 2.33. The molecule has 1 saturated heterocycles. The van der Waals surface area contributed by atoms with Gasteiger partial charge in [0, 0.05) is 48.9 Å². The van der Waals surface area contributed by atoms with Crippen molar-refractivity contribution in [3.63, 3.8) is 0 Å².